The van der Waals surface area contributed by atoms with Gasteiger partial charge in [0, 0.05) is 5.39 Å². The summed E-state index contributed by atoms with van der Waals surface area (Å²) in [5.74, 6) is 2.44. The molecule has 108 valence electrons. The molecule has 1 heterocycles. The third-order valence-corrected chi connectivity index (χ3v) is 4.50. The number of fused-ring (bicyclic) bond motifs is 1. The molecule has 3 rings (SSSR count). The van der Waals surface area contributed by atoms with Gasteiger partial charge in [0.05, 0.1) is 4.90 Å². The number of terminal acetylenes is 1. The predicted molar refractivity (Wildman–Crippen MR) is 84.7 cm³/mol. The average Bonchev–Trinajstić information content (AvgIpc) is 2.54. The fraction of sp³-hybridized carbons (Fsp3) is 0. The lowest BCUT2D eigenvalue weighted by Gasteiger charge is -2.09. The van der Waals surface area contributed by atoms with Gasteiger partial charge in [0.25, 0.3) is 10.0 Å². The molecule has 0 atom stereocenters. The van der Waals surface area contributed by atoms with Crippen molar-refractivity contribution >= 4 is 26.6 Å². The second-order valence-corrected chi connectivity index (χ2v) is 6.18. The van der Waals surface area contributed by atoms with Gasteiger partial charge in [-0.05, 0) is 29.5 Å². The number of nitrogens with one attached hydrogen (secondary N) is 1. The molecule has 0 saturated heterocycles. The zero-order valence-electron chi connectivity index (χ0n) is 11.4. The summed E-state index contributed by atoms with van der Waals surface area (Å²) in [6, 6.07) is 15.4. The highest BCUT2D eigenvalue weighted by Crippen LogP contribution is 2.24. The first-order chi connectivity index (χ1) is 10.6. The molecular formula is C16H11N3O2S. The van der Waals surface area contributed by atoms with Crippen LogP contribution >= 0.6 is 0 Å². The molecule has 0 aliphatic rings. The van der Waals surface area contributed by atoms with E-state index in [1.807, 2.05) is 18.2 Å². The Balaban J connectivity index is 2.03. The van der Waals surface area contributed by atoms with E-state index in [1.165, 1.54) is 12.1 Å². The summed E-state index contributed by atoms with van der Waals surface area (Å²) < 4.78 is 27.5. The van der Waals surface area contributed by atoms with Crippen molar-refractivity contribution in [1.29, 1.82) is 0 Å². The van der Waals surface area contributed by atoms with Gasteiger partial charge in [-0.2, -0.15) is 0 Å². The summed E-state index contributed by atoms with van der Waals surface area (Å²) in [4.78, 5) is 0.188. The molecule has 0 saturated carbocycles. The van der Waals surface area contributed by atoms with Crippen molar-refractivity contribution in [1.82, 2.24) is 10.2 Å². The maximum atomic E-state index is 12.6. The molecule has 6 heteroatoms. The Bertz CT molecular complexity index is 969. The summed E-state index contributed by atoms with van der Waals surface area (Å²) in [6.07, 6.45) is 5.19. The summed E-state index contributed by atoms with van der Waals surface area (Å²) >= 11 is 0. The van der Waals surface area contributed by atoms with Crippen molar-refractivity contribution in [3.8, 4) is 12.3 Å². The van der Waals surface area contributed by atoms with E-state index < -0.39 is 10.0 Å². The van der Waals surface area contributed by atoms with Crippen LogP contribution in [0.15, 0.2) is 59.5 Å². The molecule has 0 unspecified atom stereocenters. The zero-order chi connectivity index (χ0) is 15.6. The number of hydrogen-bond donors (Lipinski definition) is 1. The van der Waals surface area contributed by atoms with Gasteiger partial charge in [0.15, 0.2) is 5.82 Å². The minimum absolute atomic E-state index is 0.118. The molecule has 0 fully saturated rings. The van der Waals surface area contributed by atoms with Crippen LogP contribution in [0.1, 0.15) is 5.69 Å². The minimum Gasteiger partial charge on any atom is -0.262 e. The van der Waals surface area contributed by atoms with Crippen molar-refractivity contribution in [3.05, 3.63) is 60.3 Å². The molecule has 1 aromatic heterocycles. The van der Waals surface area contributed by atoms with Crippen LogP contribution in [0.5, 0.6) is 0 Å². The number of rotatable bonds is 3. The quantitative estimate of drug-likeness (QED) is 0.754. The Hall–Kier alpha value is -2.91. The second kappa shape index (κ2) is 5.47. The monoisotopic (exact) mass is 309 g/mol. The van der Waals surface area contributed by atoms with Gasteiger partial charge in [-0.15, -0.1) is 16.6 Å². The molecule has 22 heavy (non-hydrogen) atoms. The Morgan fingerprint density at radius 3 is 2.45 bits per heavy atom. The maximum Gasteiger partial charge on any atom is 0.263 e. The van der Waals surface area contributed by atoms with Gasteiger partial charge in [-0.1, -0.05) is 36.4 Å². The molecule has 0 bridgehead atoms. The normalized spacial score (nSPS) is 11.0. The third kappa shape index (κ3) is 2.62. The first kappa shape index (κ1) is 14.0. The number of sulfonamides is 1. The van der Waals surface area contributed by atoms with Crippen molar-refractivity contribution in [2.75, 3.05) is 4.72 Å². The van der Waals surface area contributed by atoms with Crippen LogP contribution in [-0.4, -0.2) is 18.6 Å². The molecule has 5 nitrogen and oxygen atoms in total. The van der Waals surface area contributed by atoms with E-state index in [4.69, 9.17) is 6.42 Å². The summed E-state index contributed by atoms with van der Waals surface area (Å²) in [5.41, 5.74) is 0.341. The van der Waals surface area contributed by atoms with Crippen molar-refractivity contribution in [2.45, 2.75) is 4.90 Å². The Kier molecular flexibility index (Phi) is 3.49. The van der Waals surface area contributed by atoms with E-state index in [-0.39, 0.29) is 10.7 Å². The van der Waals surface area contributed by atoms with Crippen molar-refractivity contribution in [3.63, 3.8) is 0 Å². The number of anilines is 1. The fourth-order valence-electron chi connectivity index (χ4n) is 2.09. The lowest BCUT2D eigenvalue weighted by atomic mass is 10.1. The first-order valence-corrected chi connectivity index (χ1v) is 7.89. The van der Waals surface area contributed by atoms with Crippen molar-refractivity contribution < 1.29 is 8.42 Å². The summed E-state index contributed by atoms with van der Waals surface area (Å²) in [5, 5.41) is 8.97. The molecule has 0 spiro atoms. The van der Waals surface area contributed by atoms with Gasteiger partial charge in [0.2, 0.25) is 0 Å². The van der Waals surface area contributed by atoms with E-state index >= 15 is 0 Å². The minimum atomic E-state index is -3.76. The van der Waals surface area contributed by atoms with Crippen LogP contribution < -0.4 is 4.72 Å². The fourth-order valence-corrected chi connectivity index (χ4v) is 3.31. The molecule has 0 amide bonds. The van der Waals surface area contributed by atoms with E-state index in [2.05, 4.69) is 20.8 Å². The highest BCUT2D eigenvalue weighted by Gasteiger charge is 2.17. The van der Waals surface area contributed by atoms with Gasteiger partial charge < -0.3 is 0 Å². The average molecular weight is 309 g/mol. The molecule has 0 aliphatic carbocycles. The van der Waals surface area contributed by atoms with E-state index in [9.17, 15) is 8.42 Å². The predicted octanol–water partition coefficient (Wildman–Crippen LogP) is 2.41. The van der Waals surface area contributed by atoms with Crippen LogP contribution in [0.2, 0.25) is 0 Å². The largest absolute Gasteiger partial charge is 0.263 e. The number of nitrogens with zero attached hydrogens (tertiary/aromatic N) is 2. The molecule has 0 aliphatic heterocycles. The van der Waals surface area contributed by atoms with Crippen LogP contribution in [0.3, 0.4) is 0 Å². The third-order valence-electron chi connectivity index (χ3n) is 3.09. The lowest BCUT2D eigenvalue weighted by molar-refractivity contribution is 0.601. The Labute approximate surface area is 128 Å². The molecule has 3 aromatic rings. The van der Waals surface area contributed by atoms with Crippen molar-refractivity contribution in [2.24, 2.45) is 0 Å². The molecule has 1 N–H and O–H groups in total. The van der Waals surface area contributed by atoms with E-state index in [1.54, 1.807) is 24.3 Å². The highest BCUT2D eigenvalue weighted by atomic mass is 32.2. The second-order valence-electron chi connectivity index (χ2n) is 4.53. The zero-order valence-corrected chi connectivity index (χ0v) is 12.2. The maximum absolute atomic E-state index is 12.6. The van der Waals surface area contributed by atoms with E-state index in [0.29, 0.717) is 11.1 Å². The van der Waals surface area contributed by atoms with E-state index in [0.717, 1.165) is 5.39 Å². The smallest absolute Gasteiger partial charge is 0.262 e. The van der Waals surface area contributed by atoms with Crippen LogP contribution in [-0.2, 0) is 10.0 Å². The highest BCUT2D eigenvalue weighted by molar-refractivity contribution is 7.93. The standard InChI is InChI=1S/C16H11N3O2S/c1-2-13-10-11-16(18-17-13)19-22(20,21)15-9-5-7-12-6-3-4-8-14(12)15/h1,3-11H,(H,18,19). The van der Waals surface area contributed by atoms with Crippen LogP contribution in [0.4, 0.5) is 5.82 Å². The van der Waals surface area contributed by atoms with Gasteiger partial charge in [-0.3, -0.25) is 4.72 Å². The number of aromatic nitrogens is 2. The summed E-state index contributed by atoms with van der Waals surface area (Å²) in [6.45, 7) is 0. The van der Waals surface area contributed by atoms with Gasteiger partial charge in [0.1, 0.15) is 5.69 Å². The Morgan fingerprint density at radius 2 is 1.73 bits per heavy atom. The van der Waals surface area contributed by atoms with Crippen LogP contribution in [0, 0.1) is 12.3 Å². The van der Waals surface area contributed by atoms with Crippen LogP contribution in [0.25, 0.3) is 10.8 Å². The SMILES string of the molecule is C#Cc1ccc(NS(=O)(=O)c2cccc3ccccc23)nn1. The molecular weight excluding hydrogens is 298 g/mol. The molecule has 2 aromatic carbocycles. The van der Waals surface area contributed by atoms with Gasteiger partial charge >= 0.3 is 0 Å². The lowest BCUT2D eigenvalue weighted by Crippen LogP contribution is -2.14. The van der Waals surface area contributed by atoms with Gasteiger partial charge in [-0.25, -0.2) is 8.42 Å². The topological polar surface area (TPSA) is 72.0 Å². The first-order valence-electron chi connectivity index (χ1n) is 6.41. The molecule has 0 radical (unpaired) electrons. The Morgan fingerprint density at radius 1 is 0.955 bits per heavy atom. The number of benzene rings is 2. The summed E-state index contributed by atoms with van der Waals surface area (Å²) in [7, 11) is -3.76. The number of hydrogen-bond acceptors (Lipinski definition) is 4.